The third-order valence-corrected chi connectivity index (χ3v) is 10.5. The molecular formula is C58H94O6. The van der Waals surface area contributed by atoms with Gasteiger partial charge in [0.15, 0.2) is 6.10 Å². The number of esters is 3. The monoisotopic (exact) mass is 887 g/mol. The molecular weight excluding hydrogens is 793 g/mol. The molecule has 0 N–H and O–H groups in total. The van der Waals surface area contributed by atoms with Crippen LogP contribution in [-0.4, -0.2) is 37.2 Å². The average Bonchev–Trinajstić information content (AvgIpc) is 3.29. The minimum atomic E-state index is -0.791. The van der Waals surface area contributed by atoms with Crippen molar-refractivity contribution in [1.82, 2.24) is 0 Å². The summed E-state index contributed by atoms with van der Waals surface area (Å²) in [5, 5.41) is 0. The Labute approximate surface area is 393 Å². The topological polar surface area (TPSA) is 78.9 Å². The number of allylic oxidation sites excluding steroid dienone is 18. The first-order chi connectivity index (χ1) is 31.5. The van der Waals surface area contributed by atoms with Crippen LogP contribution in [0.5, 0.6) is 0 Å². The van der Waals surface area contributed by atoms with Crippen LogP contribution in [0.4, 0.5) is 0 Å². The van der Waals surface area contributed by atoms with Crippen molar-refractivity contribution >= 4 is 17.9 Å². The molecule has 0 rings (SSSR count). The molecule has 0 saturated carbocycles. The van der Waals surface area contributed by atoms with Crippen LogP contribution in [0.2, 0.25) is 0 Å². The maximum Gasteiger partial charge on any atom is 0.306 e. The first-order valence-corrected chi connectivity index (χ1v) is 25.9. The Morgan fingerprint density at radius 1 is 0.328 bits per heavy atom. The number of hydrogen-bond donors (Lipinski definition) is 0. The molecule has 0 aliphatic rings. The summed E-state index contributed by atoms with van der Waals surface area (Å²) in [5.41, 5.74) is 0. The molecule has 0 amide bonds. The summed E-state index contributed by atoms with van der Waals surface area (Å²) in [7, 11) is 0. The summed E-state index contributed by atoms with van der Waals surface area (Å²) in [6.45, 7) is 6.31. The quantitative estimate of drug-likeness (QED) is 0.0262. The number of hydrogen-bond acceptors (Lipinski definition) is 6. The number of carbonyl (C=O) groups excluding carboxylic acids is 3. The second kappa shape index (κ2) is 51.7. The van der Waals surface area contributed by atoms with Gasteiger partial charge < -0.3 is 14.2 Å². The minimum absolute atomic E-state index is 0.0918. The molecule has 64 heavy (non-hydrogen) atoms. The van der Waals surface area contributed by atoms with Crippen LogP contribution in [0.15, 0.2) is 109 Å². The molecule has 0 bridgehead atoms. The first kappa shape index (κ1) is 60.1. The maximum absolute atomic E-state index is 12.7. The smallest absolute Gasteiger partial charge is 0.306 e. The fourth-order valence-electron chi connectivity index (χ4n) is 6.69. The zero-order chi connectivity index (χ0) is 46.5. The van der Waals surface area contributed by atoms with Gasteiger partial charge in [-0.05, 0) is 103 Å². The van der Waals surface area contributed by atoms with Crippen molar-refractivity contribution < 1.29 is 28.6 Å². The highest BCUT2D eigenvalue weighted by Gasteiger charge is 2.19. The van der Waals surface area contributed by atoms with E-state index in [1.807, 2.05) is 0 Å². The lowest BCUT2D eigenvalue weighted by Gasteiger charge is -2.18. The number of ether oxygens (including phenoxy) is 3. The van der Waals surface area contributed by atoms with E-state index in [-0.39, 0.29) is 31.1 Å². The van der Waals surface area contributed by atoms with E-state index in [1.54, 1.807) is 0 Å². The zero-order valence-corrected chi connectivity index (χ0v) is 41.3. The number of unbranched alkanes of at least 4 members (excludes halogenated alkanes) is 16. The first-order valence-electron chi connectivity index (χ1n) is 25.9. The van der Waals surface area contributed by atoms with Crippen LogP contribution in [0, 0.1) is 0 Å². The summed E-state index contributed by atoms with van der Waals surface area (Å²) in [5.74, 6) is -0.940. The summed E-state index contributed by atoms with van der Waals surface area (Å²) < 4.78 is 16.7. The third-order valence-electron chi connectivity index (χ3n) is 10.5. The Morgan fingerprint density at radius 3 is 0.953 bits per heavy atom. The highest BCUT2D eigenvalue weighted by atomic mass is 16.6. The standard InChI is InChI=1S/C58H94O6/c1-4-7-10-13-16-18-20-22-24-25-26-27-28-29-30-31-32-33-35-36-38-40-42-45-48-51-57(60)63-54-55(53-62-56(59)50-47-44-15-12-9-6-3)64-58(61)52-49-46-43-41-39-37-34-23-21-19-17-14-11-8-5-2/h7-8,10-11,16-19,22-24,26-27,29-30,32-34,55H,4-6,9,12-15,20-21,25,28,31,35-54H2,1-3H3/b10-7-,11-8-,18-16-,19-17-,24-22-,27-26-,30-29-,33-32-,34-23-. The lowest BCUT2D eigenvalue weighted by molar-refractivity contribution is -0.167. The Balaban J connectivity index is 4.25. The van der Waals surface area contributed by atoms with Gasteiger partial charge in [0.25, 0.3) is 0 Å². The molecule has 0 fully saturated rings. The molecule has 0 saturated heterocycles. The number of rotatable bonds is 45. The summed E-state index contributed by atoms with van der Waals surface area (Å²) in [6, 6.07) is 0. The van der Waals surface area contributed by atoms with E-state index in [2.05, 4.69) is 130 Å². The van der Waals surface area contributed by atoms with E-state index in [0.29, 0.717) is 19.3 Å². The lowest BCUT2D eigenvalue weighted by Crippen LogP contribution is -2.30. The molecule has 0 heterocycles. The van der Waals surface area contributed by atoms with Gasteiger partial charge in [0.1, 0.15) is 13.2 Å². The van der Waals surface area contributed by atoms with Gasteiger partial charge in [-0.25, -0.2) is 0 Å². The normalized spacial score (nSPS) is 13.0. The van der Waals surface area contributed by atoms with Crippen LogP contribution >= 0.6 is 0 Å². The summed E-state index contributed by atoms with van der Waals surface area (Å²) >= 11 is 0. The van der Waals surface area contributed by atoms with Gasteiger partial charge in [0.2, 0.25) is 0 Å². The van der Waals surface area contributed by atoms with Crippen molar-refractivity contribution in [3.05, 3.63) is 109 Å². The van der Waals surface area contributed by atoms with Crippen LogP contribution in [0.25, 0.3) is 0 Å². The number of carbonyl (C=O) groups is 3. The van der Waals surface area contributed by atoms with Crippen molar-refractivity contribution in [1.29, 1.82) is 0 Å². The molecule has 362 valence electrons. The van der Waals surface area contributed by atoms with E-state index in [9.17, 15) is 14.4 Å². The molecule has 0 aromatic heterocycles. The molecule has 0 aliphatic heterocycles. The van der Waals surface area contributed by atoms with Gasteiger partial charge in [-0.2, -0.15) is 0 Å². The highest BCUT2D eigenvalue weighted by molar-refractivity contribution is 5.71. The van der Waals surface area contributed by atoms with Crippen molar-refractivity contribution in [2.24, 2.45) is 0 Å². The second-order valence-electron chi connectivity index (χ2n) is 16.7. The Morgan fingerprint density at radius 2 is 0.609 bits per heavy atom. The van der Waals surface area contributed by atoms with Crippen LogP contribution in [0.1, 0.15) is 220 Å². The molecule has 0 aromatic carbocycles. The third kappa shape index (κ3) is 49.1. The zero-order valence-electron chi connectivity index (χ0n) is 41.3. The Hall–Kier alpha value is -3.93. The van der Waals surface area contributed by atoms with E-state index in [1.165, 1.54) is 32.1 Å². The lowest BCUT2D eigenvalue weighted by atomic mass is 10.1. The average molecular weight is 887 g/mol. The van der Waals surface area contributed by atoms with Gasteiger partial charge in [-0.3, -0.25) is 14.4 Å². The summed E-state index contributed by atoms with van der Waals surface area (Å²) in [6.07, 6.45) is 69.6. The van der Waals surface area contributed by atoms with Crippen LogP contribution < -0.4 is 0 Å². The van der Waals surface area contributed by atoms with Gasteiger partial charge >= 0.3 is 17.9 Å². The molecule has 1 unspecified atom stereocenters. The molecule has 0 aliphatic carbocycles. The molecule has 6 heteroatoms. The van der Waals surface area contributed by atoms with Gasteiger partial charge in [-0.1, -0.05) is 207 Å². The highest BCUT2D eigenvalue weighted by Crippen LogP contribution is 2.13. The molecule has 0 aromatic rings. The van der Waals surface area contributed by atoms with Gasteiger partial charge in [0, 0.05) is 19.3 Å². The fraction of sp³-hybridized carbons (Fsp3) is 0.638. The minimum Gasteiger partial charge on any atom is -0.462 e. The van der Waals surface area contributed by atoms with Crippen LogP contribution in [0.3, 0.4) is 0 Å². The maximum atomic E-state index is 12.7. The van der Waals surface area contributed by atoms with Crippen LogP contribution in [-0.2, 0) is 28.6 Å². The predicted octanol–water partition coefficient (Wildman–Crippen LogP) is 17.1. The van der Waals surface area contributed by atoms with E-state index in [0.717, 1.165) is 148 Å². The SMILES string of the molecule is CC/C=C\C/C=C\C/C=C\C/C=C\C/C=C\C/C=C\CCCCCCCCC(=O)OCC(COC(=O)CCCCCCCC)OC(=O)CCCCCCC/C=C\C/C=C\C/C=C\CC. The second-order valence-corrected chi connectivity index (χ2v) is 16.7. The van der Waals surface area contributed by atoms with Gasteiger partial charge in [-0.15, -0.1) is 0 Å². The van der Waals surface area contributed by atoms with Crippen molar-refractivity contribution in [2.75, 3.05) is 13.2 Å². The van der Waals surface area contributed by atoms with E-state index < -0.39 is 6.10 Å². The largest absolute Gasteiger partial charge is 0.462 e. The van der Waals surface area contributed by atoms with Crippen molar-refractivity contribution in [2.45, 2.75) is 226 Å². The summed E-state index contributed by atoms with van der Waals surface area (Å²) in [4.78, 5) is 37.7. The Bertz CT molecular complexity index is 1340. The fourth-order valence-corrected chi connectivity index (χ4v) is 6.69. The molecule has 0 spiro atoms. The molecule has 6 nitrogen and oxygen atoms in total. The van der Waals surface area contributed by atoms with E-state index in [4.69, 9.17) is 14.2 Å². The predicted molar refractivity (Wildman–Crippen MR) is 274 cm³/mol. The molecule has 1 atom stereocenters. The van der Waals surface area contributed by atoms with Crippen molar-refractivity contribution in [3.63, 3.8) is 0 Å². The van der Waals surface area contributed by atoms with Gasteiger partial charge in [0.05, 0.1) is 0 Å². The van der Waals surface area contributed by atoms with E-state index >= 15 is 0 Å². The molecule has 0 radical (unpaired) electrons. The van der Waals surface area contributed by atoms with Crippen molar-refractivity contribution in [3.8, 4) is 0 Å². The Kier molecular flexibility index (Phi) is 48.5.